The highest BCUT2D eigenvalue weighted by atomic mass is 79.9. The minimum atomic E-state index is -1.22. The van der Waals surface area contributed by atoms with E-state index in [9.17, 15) is 9.59 Å². The van der Waals surface area contributed by atoms with Gasteiger partial charge < -0.3 is 25.3 Å². The number of carbonyl (C=O) groups excluding carboxylic acids is 1. The van der Waals surface area contributed by atoms with E-state index >= 15 is 0 Å². The summed E-state index contributed by atoms with van der Waals surface area (Å²) < 4.78 is 6.06. The lowest BCUT2D eigenvalue weighted by Crippen LogP contribution is -2.37. The van der Waals surface area contributed by atoms with Crippen LogP contribution in [0.1, 0.15) is 13.3 Å². The van der Waals surface area contributed by atoms with Crippen molar-refractivity contribution in [2.24, 2.45) is 5.92 Å². The molecular weight excluding hydrogens is 408 g/mol. The molecule has 1 aromatic carbocycles. The zero-order valence-electron chi connectivity index (χ0n) is 14.2. The fourth-order valence-corrected chi connectivity index (χ4v) is 2.93. The van der Waals surface area contributed by atoms with Crippen LogP contribution in [0.15, 0.2) is 16.6 Å². The molecule has 11 heteroatoms. The Morgan fingerprint density at radius 1 is 1.50 bits per heavy atom. The second kappa shape index (κ2) is 9.13. The average Bonchev–Trinajstić information content (AvgIpc) is 3.13. The minimum Gasteiger partial charge on any atom is -0.495 e. The Morgan fingerprint density at radius 3 is 2.85 bits per heavy atom. The topological polar surface area (TPSA) is 142 Å². The first kappa shape index (κ1) is 19.6. The highest BCUT2D eigenvalue weighted by Crippen LogP contribution is 2.35. The maximum absolute atomic E-state index is 11.0. The Bertz CT molecular complexity index is 755. The molecule has 140 valence electrons. The molecule has 1 aromatic heterocycles. The predicted molar refractivity (Wildman–Crippen MR) is 97.1 cm³/mol. The number of halogens is 1. The van der Waals surface area contributed by atoms with Crippen molar-refractivity contribution >= 4 is 34.0 Å². The predicted octanol–water partition coefficient (Wildman–Crippen LogP) is 1.91. The van der Waals surface area contributed by atoms with Gasteiger partial charge in [0.15, 0.2) is 0 Å². The smallest absolute Gasteiger partial charge is 0.405 e. The van der Waals surface area contributed by atoms with Crippen LogP contribution < -0.4 is 15.4 Å². The number of anilines is 1. The molecule has 2 rings (SSSR count). The first-order chi connectivity index (χ1) is 12.4. The average molecular weight is 427 g/mol. The van der Waals surface area contributed by atoms with Gasteiger partial charge in [-0.05, 0) is 39.5 Å². The Hall–Kier alpha value is -2.69. The molecule has 1 amide bonds. The largest absolute Gasteiger partial charge is 0.495 e. The maximum Gasteiger partial charge on any atom is 0.405 e. The fraction of sp³-hybridized carbons (Fsp3) is 0.400. The summed E-state index contributed by atoms with van der Waals surface area (Å²) in [5, 5.41) is 28.2. The molecule has 10 nitrogen and oxygen atoms in total. The SMILES string of the molecule is COc1cc(NCC(C)CC(C=O)NC(=O)O)c(-c2nn[nH]n2)cc1Br. The van der Waals surface area contributed by atoms with E-state index in [2.05, 4.69) is 47.2 Å². The number of hydrogen-bond donors (Lipinski definition) is 4. The molecule has 2 atom stereocenters. The van der Waals surface area contributed by atoms with E-state index in [1.807, 2.05) is 13.0 Å². The number of carbonyl (C=O) groups is 2. The normalized spacial score (nSPS) is 12.9. The van der Waals surface area contributed by atoms with Gasteiger partial charge in [-0.25, -0.2) is 4.79 Å². The lowest BCUT2D eigenvalue weighted by atomic mass is 10.0. The lowest BCUT2D eigenvalue weighted by molar-refractivity contribution is -0.109. The number of nitrogens with one attached hydrogen (secondary N) is 3. The Labute approximate surface area is 157 Å². The summed E-state index contributed by atoms with van der Waals surface area (Å²) in [7, 11) is 1.56. The molecule has 26 heavy (non-hydrogen) atoms. The second-order valence-electron chi connectivity index (χ2n) is 5.68. The molecule has 0 radical (unpaired) electrons. The molecule has 0 fully saturated rings. The number of benzene rings is 1. The molecule has 2 unspecified atom stereocenters. The van der Waals surface area contributed by atoms with Crippen LogP contribution >= 0.6 is 15.9 Å². The third-order valence-corrected chi connectivity index (χ3v) is 4.27. The van der Waals surface area contributed by atoms with E-state index in [4.69, 9.17) is 9.84 Å². The van der Waals surface area contributed by atoms with Crippen molar-refractivity contribution in [3.63, 3.8) is 0 Å². The monoisotopic (exact) mass is 426 g/mol. The van der Waals surface area contributed by atoms with Gasteiger partial charge in [0, 0.05) is 23.9 Å². The summed E-state index contributed by atoms with van der Waals surface area (Å²) in [6.07, 6.45) is -0.259. The number of amides is 1. The lowest BCUT2D eigenvalue weighted by Gasteiger charge is -2.19. The van der Waals surface area contributed by atoms with Gasteiger partial charge in [-0.1, -0.05) is 6.92 Å². The van der Waals surface area contributed by atoms with Crippen LogP contribution in [0.3, 0.4) is 0 Å². The number of H-pyrrole nitrogens is 1. The molecule has 2 aromatic rings. The van der Waals surface area contributed by atoms with Crippen molar-refractivity contribution in [2.45, 2.75) is 19.4 Å². The van der Waals surface area contributed by atoms with Crippen molar-refractivity contribution in [1.82, 2.24) is 25.9 Å². The van der Waals surface area contributed by atoms with Gasteiger partial charge in [-0.15, -0.1) is 10.2 Å². The van der Waals surface area contributed by atoms with Crippen LogP contribution in [0.2, 0.25) is 0 Å². The molecule has 0 aliphatic heterocycles. The van der Waals surface area contributed by atoms with Crippen molar-refractivity contribution in [2.75, 3.05) is 19.0 Å². The molecule has 4 N–H and O–H groups in total. The molecule has 0 saturated heterocycles. The summed E-state index contributed by atoms with van der Waals surface area (Å²) in [6, 6.07) is 2.87. The minimum absolute atomic E-state index is 0.0183. The first-order valence-electron chi connectivity index (χ1n) is 7.74. The number of nitrogens with zero attached hydrogens (tertiary/aromatic N) is 3. The van der Waals surface area contributed by atoms with Crippen LogP contribution in [0, 0.1) is 5.92 Å². The maximum atomic E-state index is 11.0. The van der Waals surface area contributed by atoms with Gasteiger partial charge in [0.1, 0.15) is 12.0 Å². The number of aromatic nitrogens is 4. The molecule has 0 bridgehead atoms. The third kappa shape index (κ3) is 5.15. The molecule has 0 aliphatic carbocycles. The van der Waals surface area contributed by atoms with Crippen molar-refractivity contribution < 1.29 is 19.4 Å². The van der Waals surface area contributed by atoms with E-state index in [1.165, 1.54) is 0 Å². The third-order valence-electron chi connectivity index (χ3n) is 3.65. The van der Waals surface area contributed by atoms with Crippen LogP contribution in [-0.2, 0) is 4.79 Å². The molecule has 1 heterocycles. The van der Waals surface area contributed by atoms with Gasteiger partial charge in [-0.2, -0.15) is 5.21 Å². The first-order valence-corrected chi connectivity index (χ1v) is 8.53. The quantitative estimate of drug-likeness (QED) is 0.445. The van der Waals surface area contributed by atoms with E-state index in [1.54, 1.807) is 13.2 Å². The molecule has 0 aliphatic rings. The molecular formula is C15H19BrN6O4. The Morgan fingerprint density at radius 2 is 2.27 bits per heavy atom. The van der Waals surface area contributed by atoms with Gasteiger partial charge in [0.2, 0.25) is 5.82 Å². The molecule has 0 saturated carbocycles. The van der Waals surface area contributed by atoms with Crippen molar-refractivity contribution in [1.29, 1.82) is 0 Å². The van der Waals surface area contributed by atoms with Gasteiger partial charge in [-0.3, -0.25) is 0 Å². The number of carboxylic acid groups (broad SMARTS) is 1. The van der Waals surface area contributed by atoms with Crippen LogP contribution in [0.5, 0.6) is 5.75 Å². The highest BCUT2D eigenvalue weighted by Gasteiger charge is 2.17. The second-order valence-corrected chi connectivity index (χ2v) is 6.54. The standard InChI is InChI=1S/C15H19BrN6O4/c1-8(3-9(7-23)18-15(24)25)6-17-12-5-13(26-2)11(16)4-10(12)14-19-21-22-20-14/h4-5,7-9,17-18H,3,6H2,1-2H3,(H,24,25)(H,19,20,21,22). The fourth-order valence-electron chi connectivity index (χ4n) is 2.43. The number of aromatic amines is 1. The van der Waals surface area contributed by atoms with Crippen molar-refractivity contribution in [3.8, 4) is 17.1 Å². The van der Waals surface area contributed by atoms with Gasteiger partial charge >= 0.3 is 6.09 Å². The van der Waals surface area contributed by atoms with E-state index < -0.39 is 12.1 Å². The summed E-state index contributed by atoms with van der Waals surface area (Å²) in [6.45, 7) is 2.42. The summed E-state index contributed by atoms with van der Waals surface area (Å²) in [4.78, 5) is 21.7. The van der Waals surface area contributed by atoms with Crippen LogP contribution in [0.4, 0.5) is 10.5 Å². The van der Waals surface area contributed by atoms with Gasteiger partial charge in [0.05, 0.1) is 17.6 Å². The van der Waals surface area contributed by atoms with E-state index in [-0.39, 0.29) is 5.92 Å². The Balaban J connectivity index is 2.12. The van der Waals surface area contributed by atoms with Gasteiger partial charge in [0.25, 0.3) is 0 Å². The van der Waals surface area contributed by atoms with E-state index in [0.717, 1.165) is 10.2 Å². The number of rotatable bonds is 9. The van der Waals surface area contributed by atoms with E-state index in [0.29, 0.717) is 36.4 Å². The zero-order chi connectivity index (χ0) is 19.1. The van der Waals surface area contributed by atoms with Crippen LogP contribution in [-0.4, -0.2) is 57.8 Å². The number of ether oxygens (including phenoxy) is 1. The summed E-state index contributed by atoms with van der Waals surface area (Å²) >= 11 is 3.43. The Kier molecular flexibility index (Phi) is 6.89. The molecule has 0 spiro atoms. The summed E-state index contributed by atoms with van der Waals surface area (Å²) in [5.41, 5.74) is 1.45. The number of aldehydes is 1. The highest BCUT2D eigenvalue weighted by molar-refractivity contribution is 9.10. The number of hydrogen-bond acceptors (Lipinski definition) is 7. The zero-order valence-corrected chi connectivity index (χ0v) is 15.8. The number of tetrazole rings is 1. The number of methoxy groups -OCH3 is 1. The van der Waals surface area contributed by atoms with Crippen molar-refractivity contribution in [3.05, 3.63) is 16.6 Å². The van der Waals surface area contributed by atoms with Crippen LogP contribution in [0.25, 0.3) is 11.4 Å². The summed E-state index contributed by atoms with van der Waals surface area (Å²) in [5.74, 6) is 1.07.